The molecule has 0 rings (SSSR count). The van der Waals surface area contributed by atoms with E-state index in [1.807, 2.05) is 21.1 Å². The van der Waals surface area contributed by atoms with Crippen molar-refractivity contribution in [3.63, 3.8) is 0 Å². The molecule has 1 N–H and O–H groups in total. The summed E-state index contributed by atoms with van der Waals surface area (Å²) in [5.41, 5.74) is 0. The summed E-state index contributed by atoms with van der Waals surface area (Å²) in [5.74, 6) is -0.463. The molecule has 0 aromatic carbocycles. The van der Waals surface area contributed by atoms with Crippen molar-refractivity contribution in [3.8, 4) is 0 Å². The highest BCUT2D eigenvalue weighted by Crippen LogP contribution is 2.38. The van der Waals surface area contributed by atoms with Crippen LogP contribution in [0.25, 0.3) is 0 Å². The Morgan fingerprint density at radius 1 is 1.12 bits per heavy atom. The van der Waals surface area contributed by atoms with Gasteiger partial charge in [-0.25, -0.2) is 0 Å². The van der Waals surface area contributed by atoms with Crippen LogP contribution >= 0.6 is 7.82 Å². The van der Waals surface area contributed by atoms with Gasteiger partial charge in [-0.3, -0.25) is 9.36 Å². The quantitative estimate of drug-likeness (QED) is 0.183. The first-order valence-electron chi connectivity index (χ1n) is 9.30. The normalized spacial score (nSPS) is 15.5. The zero-order chi connectivity index (χ0) is 20.1. The second kappa shape index (κ2) is 13.6. The van der Waals surface area contributed by atoms with E-state index in [0.29, 0.717) is 11.0 Å². The lowest BCUT2D eigenvalue weighted by atomic mass is 10.1. The summed E-state index contributed by atoms with van der Waals surface area (Å²) < 4.78 is 26.7. The molecule has 0 radical (unpaired) electrons. The van der Waals surface area contributed by atoms with E-state index in [1.165, 1.54) is 12.8 Å². The number of phosphoric acid groups is 1. The molecule has 2 atom stereocenters. The lowest BCUT2D eigenvalue weighted by molar-refractivity contribution is -0.870. The number of aliphatic hydroxyl groups is 1. The highest BCUT2D eigenvalue weighted by atomic mass is 31.2. The zero-order valence-electron chi connectivity index (χ0n) is 16.6. The number of carbonyl (C=O) groups is 1. The number of carbonyl (C=O) groups excluding carboxylic acids is 1. The molecule has 9 heteroatoms. The van der Waals surface area contributed by atoms with Crippen LogP contribution in [0.1, 0.15) is 51.9 Å². The Hall–Kier alpha value is -0.500. The van der Waals surface area contributed by atoms with Crippen molar-refractivity contribution in [1.29, 1.82) is 0 Å². The minimum atomic E-state index is -4.49. The van der Waals surface area contributed by atoms with Gasteiger partial charge < -0.3 is 28.3 Å². The fraction of sp³-hybridized carbons (Fsp3) is 0.941. The highest BCUT2D eigenvalue weighted by molar-refractivity contribution is 7.45. The number of esters is 1. The van der Waals surface area contributed by atoms with Crippen LogP contribution in [0.5, 0.6) is 0 Å². The summed E-state index contributed by atoms with van der Waals surface area (Å²) in [6.07, 6.45) is 5.50. The number of ether oxygens (including phenoxy) is 1. The number of hydrogen-bond donors (Lipinski definition) is 1. The molecule has 0 saturated carbocycles. The summed E-state index contributed by atoms with van der Waals surface area (Å²) in [7, 11) is 1.23. The van der Waals surface area contributed by atoms with Crippen LogP contribution in [0.15, 0.2) is 0 Å². The number of unbranched alkanes of at least 4 members (excludes halogenated alkanes) is 5. The predicted octanol–water partition coefficient (Wildman–Crippen LogP) is 1.85. The van der Waals surface area contributed by atoms with Crippen LogP contribution in [0.2, 0.25) is 0 Å². The van der Waals surface area contributed by atoms with E-state index in [1.54, 1.807) is 0 Å². The number of nitrogens with zero attached hydrogens (tertiary/aromatic N) is 1. The minimum Gasteiger partial charge on any atom is -0.756 e. The van der Waals surface area contributed by atoms with Gasteiger partial charge in [0, 0.05) is 6.42 Å². The van der Waals surface area contributed by atoms with Crippen molar-refractivity contribution in [2.75, 3.05) is 47.5 Å². The van der Waals surface area contributed by atoms with Gasteiger partial charge in [0.1, 0.15) is 19.3 Å². The number of hydrogen-bond acceptors (Lipinski definition) is 7. The molecule has 0 heterocycles. The van der Waals surface area contributed by atoms with Crippen molar-refractivity contribution < 1.29 is 37.6 Å². The highest BCUT2D eigenvalue weighted by Gasteiger charge is 2.19. The lowest BCUT2D eigenvalue weighted by Gasteiger charge is -2.28. The van der Waals surface area contributed by atoms with Gasteiger partial charge in [-0.1, -0.05) is 39.0 Å². The third-order valence-corrected chi connectivity index (χ3v) is 4.63. The van der Waals surface area contributed by atoms with Crippen LogP contribution in [0.4, 0.5) is 0 Å². The fourth-order valence-electron chi connectivity index (χ4n) is 2.06. The van der Waals surface area contributed by atoms with Gasteiger partial charge in [0.05, 0.1) is 34.4 Å². The molecule has 0 aliphatic rings. The molecule has 26 heavy (non-hydrogen) atoms. The van der Waals surface area contributed by atoms with E-state index >= 15 is 0 Å². The topological polar surface area (TPSA) is 105 Å². The maximum Gasteiger partial charge on any atom is 0.306 e. The number of rotatable bonds is 16. The molecule has 0 fully saturated rings. The predicted molar refractivity (Wildman–Crippen MR) is 97.4 cm³/mol. The standard InChI is InChI=1S/C17H36NO7P/c1-5-6-7-8-9-10-11-17(20)25-16(14-19)15-24-26(21,22)23-13-12-18(2,3)4/h16,19H,5-15H2,1-4H3/t16-/m0/s1. The van der Waals surface area contributed by atoms with Crippen LogP contribution in [0, 0.1) is 0 Å². The Morgan fingerprint density at radius 2 is 1.73 bits per heavy atom. The Bertz CT molecular complexity index is 426. The second-order valence-corrected chi connectivity index (χ2v) is 8.81. The zero-order valence-corrected chi connectivity index (χ0v) is 17.5. The largest absolute Gasteiger partial charge is 0.756 e. The van der Waals surface area contributed by atoms with Crippen LogP contribution in [0.3, 0.4) is 0 Å². The van der Waals surface area contributed by atoms with Crippen molar-refractivity contribution in [1.82, 2.24) is 0 Å². The van der Waals surface area contributed by atoms with E-state index in [0.717, 1.165) is 25.7 Å². The molecular formula is C17H36NO7P. The molecule has 0 aliphatic carbocycles. The molecule has 0 bridgehead atoms. The van der Waals surface area contributed by atoms with Crippen LogP contribution < -0.4 is 4.89 Å². The molecule has 0 saturated heterocycles. The third kappa shape index (κ3) is 15.7. The Kier molecular flexibility index (Phi) is 13.4. The summed E-state index contributed by atoms with van der Waals surface area (Å²) in [6, 6.07) is 0. The molecule has 1 unspecified atom stereocenters. The molecular weight excluding hydrogens is 361 g/mol. The van der Waals surface area contributed by atoms with E-state index in [9.17, 15) is 19.4 Å². The lowest BCUT2D eigenvalue weighted by Crippen LogP contribution is -2.37. The number of likely N-dealkylation sites (N-methyl/N-ethyl adjacent to an activating group) is 1. The molecule has 8 nitrogen and oxygen atoms in total. The van der Waals surface area contributed by atoms with E-state index in [-0.39, 0.29) is 13.0 Å². The van der Waals surface area contributed by atoms with E-state index < -0.39 is 33.1 Å². The Morgan fingerprint density at radius 3 is 2.31 bits per heavy atom. The average Bonchev–Trinajstić information content (AvgIpc) is 2.53. The second-order valence-electron chi connectivity index (χ2n) is 7.40. The first kappa shape index (κ1) is 25.5. The van der Waals surface area contributed by atoms with Gasteiger partial charge in [-0.15, -0.1) is 0 Å². The van der Waals surface area contributed by atoms with Crippen molar-refractivity contribution in [2.45, 2.75) is 58.0 Å². The Balaban J connectivity index is 4.02. The van der Waals surface area contributed by atoms with Gasteiger partial charge in [-0.2, -0.15) is 0 Å². The number of aliphatic hydroxyl groups excluding tert-OH is 1. The summed E-state index contributed by atoms with van der Waals surface area (Å²) in [5, 5.41) is 9.23. The molecule has 0 aliphatic heterocycles. The maximum absolute atomic E-state index is 11.7. The molecule has 156 valence electrons. The van der Waals surface area contributed by atoms with Crippen molar-refractivity contribution in [2.24, 2.45) is 0 Å². The van der Waals surface area contributed by atoms with Gasteiger partial charge in [0.25, 0.3) is 7.82 Å². The molecule has 0 aromatic heterocycles. The van der Waals surface area contributed by atoms with Crippen LogP contribution in [-0.4, -0.2) is 69.2 Å². The SMILES string of the molecule is CCCCCCCCC(=O)O[C@@H](CO)COP(=O)([O-])OCC[N+](C)(C)C. The average molecular weight is 397 g/mol. The molecule has 0 amide bonds. The van der Waals surface area contributed by atoms with Crippen LogP contribution in [-0.2, 0) is 23.1 Å². The minimum absolute atomic E-state index is 0.00805. The van der Waals surface area contributed by atoms with Gasteiger partial charge in [0.2, 0.25) is 0 Å². The van der Waals surface area contributed by atoms with Gasteiger partial charge in [-0.05, 0) is 6.42 Å². The fourth-order valence-corrected chi connectivity index (χ4v) is 2.79. The first-order valence-corrected chi connectivity index (χ1v) is 10.8. The Labute approximate surface area is 157 Å². The first-order chi connectivity index (χ1) is 12.1. The number of quaternary nitrogens is 1. The van der Waals surface area contributed by atoms with E-state index in [2.05, 4.69) is 6.92 Å². The van der Waals surface area contributed by atoms with Gasteiger partial charge in [0.15, 0.2) is 0 Å². The molecule has 0 aromatic rings. The smallest absolute Gasteiger partial charge is 0.306 e. The van der Waals surface area contributed by atoms with E-state index in [4.69, 9.17) is 13.8 Å². The van der Waals surface area contributed by atoms with Crippen molar-refractivity contribution in [3.05, 3.63) is 0 Å². The monoisotopic (exact) mass is 397 g/mol. The maximum atomic E-state index is 11.7. The summed E-state index contributed by atoms with van der Waals surface area (Å²) in [4.78, 5) is 23.4. The molecule has 0 spiro atoms. The van der Waals surface area contributed by atoms with Gasteiger partial charge >= 0.3 is 5.97 Å². The summed E-state index contributed by atoms with van der Waals surface area (Å²) in [6.45, 7) is 1.66. The third-order valence-electron chi connectivity index (χ3n) is 3.67. The van der Waals surface area contributed by atoms with Crippen molar-refractivity contribution >= 4 is 13.8 Å². The number of phosphoric ester groups is 1. The summed E-state index contributed by atoms with van der Waals surface area (Å²) >= 11 is 0.